The number of aromatic nitrogens is 1. The van der Waals surface area contributed by atoms with E-state index in [2.05, 4.69) is 15.6 Å². The highest BCUT2D eigenvalue weighted by Crippen LogP contribution is 2.29. The monoisotopic (exact) mass is 363 g/mol. The second kappa shape index (κ2) is 7.76. The smallest absolute Gasteiger partial charge is 0.367 e. The maximum atomic E-state index is 12.6. The van der Waals surface area contributed by atoms with Crippen LogP contribution in [0.3, 0.4) is 0 Å². The van der Waals surface area contributed by atoms with Gasteiger partial charge in [0.05, 0.1) is 17.4 Å². The zero-order valence-electron chi connectivity index (χ0n) is 14.1. The van der Waals surface area contributed by atoms with Gasteiger partial charge in [0.15, 0.2) is 0 Å². The van der Waals surface area contributed by atoms with Crippen LogP contribution in [0.1, 0.15) is 48.0 Å². The number of amides is 1. The number of carbonyl (C=O) groups is 1. The molecule has 26 heavy (non-hydrogen) atoms. The van der Waals surface area contributed by atoms with Gasteiger partial charge >= 0.3 is 6.18 Å². The molecule has 2 N–H and O–H groups in total. The van der Waals surface area contributed by atoms with Gasteiger partial charge in [0, 0.05) is 11.6 Å². The number of halogens is 3. The average molecular weight is 363 g/mol. The van der Waals surface area contributed by atoms with Crippen molar-refractivity contribution in [2.45, 2.75) is 44.3 Å². The number of rotatable bonds is 4. The van der Waals surface area contributed by atoms with Crippen molar-refractivity contribution in [2.75, 3.05) is 10.6 Å². The average Bonchev–Trinajstić information content (AvgIpc) is 2.63. The van der Waals surface area contributed by atoms with E-state index in [1.165, 1.54) is 25.5 Å². The lowest BCUT2D eigenvalue weighted by Gasteiger charge is -2.23. The van der Waals surface area contributed by atoms with Crippen molar-refractivity contribution < 1.29 is 18.0 Å². The number of pyridine rings is 1. The van der Waals surface area contributed by atoms with Crippen LogP contribution in [-0.4, -0.2) is 16.9 Å². The third-order valence-corrected chi connectivity index (χ3v) is 4.45. The summed E-state index contributed by atoms with van der Waals surface area (Å²) >= 11 is 0. The van der Waals surface area contributed by atoms with Crippen LogP contribution in [0.15, 0.2) is 42.6 Å². The van der Waals surface area contributed by atoms with Crippen LogP contribution >= 0.6 is 0 Å². The second-order valence-corrected chi connectivity index (χ2v) is 6.44. The first kappa shape index (κ1) is 18.2. The van der Waals surface area contributed by atoms with Crippen molar-refractivity contribution in [3.05, 3.63) is 53.7 Å². The molecule has 0 atom stereocenters. The lowest BCUT2D eigenvalue weighted by molar-refractivity contribution is -0.137. The van der Waals surface area contributed by atoms with E-state index in [0.29, 0.717) is 11.7 Å². The van der Waals surface area contributed by atoms with E-state index in [4.69, 9.17) is 0 Å². The third-order valence-electron chi connectivity index (χ3n) is 4.45. The minimum Gasteiger partial charge on any atom is -0.367 e. The van der Waals surface area contributed by atoms with Gasteiger partial charge in [-0.25, -0.2) is 4.98 Å². The Hall–Kier alpha value is -2.57. The standard InChI is InChI=1S/C19H20F3N3O/c20-19(21,22)14-8-6-13(7-9-14)18(26)25-16-10-11-17(23-12-16)24-15-4-2-1-3-5-15/h6-12,15H,1-5H2,(H,23,24)(H,25,26). The molecule has 1 heterocycles. The van der Waals surface area contributed by atoms with Gasteiger partial charge in [0.1, 0.15) is 5.82 Å². The van der Waals surface area contributed by atoms with E-state index < -0.39 is 17.6 Å². The molecule has 1 aliphatic rings. The van der Waals surface area contributed by atoms with Crippen molar-refractivity contribution in [1.29, 1.82) is 0 Å². The lowest BCUT2D eigenvalue weighted by atomic mass is 9.95. The molecule has 0 radical (unpaired) electrons. The zero-order valence-corrected chi connectivity index (χ0v) is 14.1. The van der Waals surface area contributed by atoms with Gasteiger partial charge in [-0.15, -0.1) is 0 Å². The van der Waals surface area contributed by atoms with Crippen molar-refractivity contribution in [3.63, 3.8) is 0 Å². The number of alkyl halides is 3. The second-order valence-electron chi connectivity index (χ2n) is 6.44. The van der Waals surface area contributed by atoms with Gasteiger partial charge in [-0.3, -0.25) is 4.79 Å². The summed E-state index contributed by atoms with van der Waals surface area (Å²) in [6, 6.07) is 8.05. The van der Waals surface area contributed by atoms with Crippen molar-refractivity contribution >= 4 is 17.4 Å². The van der Waals surface area contributed by atoms with Crippen molar-refractivity contribution in [2.24, 2.45) is 0 Å². The van der Waals surface area contributed by atoms with Crippen LogP contribution in [-0.2, 0) is 6.18 Å². The minimum atomic E-state index is -4.42. The highest BCUT2D eigenvalue weighted by Gasteiger charge is 2.30. The first-order valence-corrected chi connectivity index (χ1v) is 8.63. The molecule has 1 amide bonds. The SMILES string of the molecule is O=C(Nc1ccc(NC2CCCCC2)nc1)c1ccc(C(F)(F)F)cc1. The number of nitrogens with one attached hydrogen (secondary N) is 2. The van der Waals surface area contributed by atoms with Gasteiger partial charge in [-0.2, -0.15) is 13.2 Å². The Morgan fingerprint density at radius 3 is 2.27 bits per heavy atom. The summed E-state index contributed by atoms with van der Waals surface area (Å²) in [4.78, 5) is 16.4. The predicted octanol–water partition coefficient (Wildman–Crippen LogP) is 5.10. The molecule has 0 aliphatic heterocycles. The molecular weight excluding hydrogens is 343 g/mol. The van der Waals surface area contributed by atoms with Gasteiger partial charge in [0.2, 0.25) is 0 Å². The quantitative estimate of drug-likeness (QED) is 0.795. The number of benzene rings is 1. The molecule has 1 fully saturated rings. The Kier molecular flexibility index (Phi) is 5.44. The summed E-state index contributed by atoms with van der Waals surface area (Å²) in [5.74, 6) is 0.276. The summed E-state index contributed by atoms with van der Waals surface area (Å²) in [5.41, 5.74) is -0.139. The molecule has 2 aromatic rings. The normalized spacial score (nSPS) is 15.5. The molecule has 0 spiro atoms. The van der Waals surface area contributed by atoms with Gasteiger partial charge in [-0.1, -0.05) is 19.3 Å². The number of carbonyl (C=O) groups excluding carboxylic acids is 1. The fourth-order valence-corrected chi connectivity index (χ4v) is 3.02. The molecule has 0 saturated heterocycles. The Bertz CT molecular complexity index is 736. The fraction of sp³-hybridized carbons (Fsp3) is 0.368. The topological polar surface area (TPSA) is 54.0 Å². The Morgan fingerprint density at radius 2 is 1.69 bits per heavy atom. The van der Waals surface area contributed by atoms with Crippen LogP contribution in [0.25, 0.3) is 0 Å². The van der Waals surface area contributed by atoms with Gasteiger partial charge in [0.25, 0.3) is 5.91 Å². The Morgan fingerprint density at radius 1 is 1.00 bits per heavy atom. The summed E-state index contributed by atoms with van der Waals surface area (Å²) in [5, 5.41) is 6.02. The van der Waals surface area contributed by atoms with Crippen LogP contribution < -0.4 is 10.6 Å². The molecular formula is C19H20F3N3O. The van der Waals surface area contributed by atoms with Crippen LogP contribution in [0.5, 0.6) is 0 Å². The Labute approximate surface area is 149 Å². The molecule has 1 aromatic carbocycles. The summed E-state index contributed by atoms with van der Waals surface area (Å²) in [7, 11) is 0. The number of nitrogens with zero attached hydrogens (tertiary/aromatic N) is 1. The molecule has 1 saturated carbocycles. The Balaban J connectivity index is 1.58. The molecule has 0 unspecified atom stereocenters. The van der Waals surface area contributed by atoms with Gasteiger partial charge in [-0.05, 0) is 49.2 Å². The molecule has 7 heteroatoms. The van der Waals surface area contributed by atoms with E-state index in [1.54, 1.807) is 12.1 Å². The molecule has 0 bridgehead atoms. The van der Waals surface area contributed by atoms with E-state index in [1.807, 2.05) is 0 Å². The number of hydrogen-bond acceptors (Lipinski definition) is 3. The highest BCUT2D eigenvalue weighted by molar-refractivity contribution is 6.04. The minimum absolute atomic E-state index is 0.155. The molecule has 1 aliphatic carbocycles. The first-order valence-electron chi connectivity index (χ1n) is 8.63. The van der Waals surface area contributed by atoms with E-state index in [0.717, 1.165) is 42.9 Å². The number of anilines is 2. The first-order chi connectivity index (χ1) is 12.4. The summed E-state index contributed by atoms with van der Waals surface area (Å²) in [6.45, 7) is 0. The predicted molar refractivity (Wildman–Crippen MR) is 94.1 cm³/mol. The third kappa shape index (κ3) is 4.74. The van der Waals surface area contributed by atoms with E-state index in [-0.39, 0.29) is 5.56 Å². The maximum Gasteiger partial charge on any atom is 0.416 e. The van der Waals surface area contributed by atoms with Crippen molar-refractivity contribution in [3.8, 4) is 0 Å². The summed E-state index contributed by atoms with van der Waals surface area (Å²) < 4.78 is 37.7. The molecule has 3 rings (SSSR count). The molecule has 1 aromatic heterocycles. The number of hydrogen-bond donors (Lipinski definition) is 2. The molecule has 138 valence electrons. The largest absolute Gasteiger partial charge is 0.416 e. The van der Waals surface area contributed by atoms with Crippen LogP contribution in [0.2, 0.25) is 0 Å². The summed E-state index contributed by atoms with van der Waals surface area (Å²) in [6.07, 6.45) is 3.10. The van der Waals surface area contributed by atoms with Crippen LogP contribution in [0.4, 0.5) is 24.7 Å². The lowest BCUT2D eigenvalue weighted by Crippen LogP contribution is -2.22. The zero-order chi connectivity index (χ0) is 18.6. The maximum absolute atomic E-state index is 12.6. The van der Waals surface area contributed by atoms with Gasteiger partial charge < -0.3 is 10.6 Å². The van der Waals surface area contributed by atoms with Crippen molar-refractivity contribution in [1.82, 2.24) is 4.98 Å². The molecule has 4 nitrogen and oxygen atoms in total. The highest BCUT2D eigenvalue weighted by atomic mass is 19.4. The van der Waals surface area contributed by atoms with E-state index in [9.17, 15) is 18.0 Å². The van der Waals surface area contributed by atoms with Crippen LogP contribution in [0, 0.1) is 0 Å². The van der Waals surface area contributed by atoms with E-state index >= 15 is 0 Å². The fourth-order valence-electron chi connectivity index (χ4n) is 3.02.